The Hall–Kier alpha value is -3.68. The number of aryl methyl sites for hydroxylation is 1. The molecular weight excluding hydrogens is 404 g/mol. The van der Waals surface area contributed by atoms with Crippen LogP contribution in [0.1, 0.15) is 40.4 Å². The first kappa shape index (κ1) is 21.5. The topological polar surface area (TPSA) is 83.4 Å². The molecule has 4 rings (SSSR count). The molecular formula is C24H28N6O2. The Labute approximate surface area is 187 Å². The van der Waals surface area contributed by atoms with Gasteiger partial charge in [-0.3, -0.25) is 9.59 Å². The van der Waals surface area contributed by atoms with E-state index >= 15 is 0 Å². The number of aromatic nitrogens is 3. The molecule has 0 aliphatic carbocycles. The van der Waals surface area contributed by atoms with E-state index in [1.165, 1.54) is 0 Å². The van der Waals surface area contributed by atoms with Gasteiger partial charge in [-0.05, 0) is 50.6 Å². The number of anilines is 1. The lowest BCUT2D eigenvalue weighted by molar-refractivity contribution is 0.0160. The standard InChI is InChI=1S/C24H28N6O2/c1-17-10-11-18(14-20(17)25-4)22(31)28-12-13-29(24(2,3)15-28)23(32)21-26-16-30(27-21)19-8-6-5-7-9-19/h5-11,14,16,25H,12-13,15H2,1-4H3. The third-order valence-electron chi connectivity index (χ3n) is 5.89. The number of para-hydroxylation sites is 1. The molecule has 2 heterocycles. The average Bonchev–Trinajstić information content (AvgIpc) is 3.29. The zero-order valence-corrected chi connectivity index (χ0v) is 18.9. The number of benzene rings is 2. The summed E-state index contributed by atoms with van der Waals surface area (Å²) >= 11 is 0. The van der Waals surface area contributed by atoms with Gasteiger partial charge in [-0.15, -0.1) is 5.10 Å². The molecule has 1 fully saturated rings. The Bertz CT molecular complexity index is 1140. The molecule has 8 nitrogen and oxygen atoms in total. The summed E-state index contributed by atoms with van der Waals surface area (Å²) in [5, 5.41) is 7.50. The van der Waals surface area contributed by atoms with E-state index in [1.807, 2.05) is 81.2 Å². The van der Waals surface area contributed by atoms with Crippen LogP contribution in [0.4, 0.5) is 5.69 Å². The molecule has 1 aliphatic heterocycles. The Balaban J connectivity index is 1.49. The van der Waals surface area contributed by atoms with Crippen molar-refractivity contribution in [3.05, 3.63) is 71.8 Å². The highest BCUT2D eigenvalue weighted by atomic mass is 16.2. The lowest BCUT2D eigenvalue weighted by Gasteiger charge is -2.46. The molecule has 0 spiro atoms. The summed E-state index contributed by atoms with van der Waals surface area (Å²) in [7, 11) is 1.84. The molecule has 0 bridgehead atoms. The summed E-state index contributed by atoms with van der Waals surface area (Å²) in [4.78, 5) is 34.1. The van der Waals surface area contributed by atoms with Crippen molar-refractivity contribution < 1.29 is 9.59 Å². The summed E-state index contributed by atoms with van der Waals surface area (Å²) in [5.74, 6) is -0.114. The molecule has 0 radical (unpaired) electrons. The predicted octanol–water partition coefficient (Wildman–Crippen LogP) is 2.99. The number of piperazine rings is 1. The van der Waals surface area contributed by atoms with Gasteiger partial charge in [-0.1, -0.05) is 24.3 Å². The van der Waals surface area contributed by atoms with Crippen LogP contribution in [0.15, 0.2) is 54.9 Å². The lowest BCUT2D eigenvalue weighted by atomic mass is 9.97. The van der Waals surface area contributed by atoms with E-state index in [1.54, 1.807) is 15.9 Å². The van der Waals surface area contributed by atoms with Crippen molar-refractivity contribution in [2.24, 2.45) is 0 Å². The molecule has 0 saturated carbocycles. The Morgan fingerprint density at radius 3 is 2.47 bits per heavy atom. The third kappa shape index (κ3) is 4.08. The van der Waals surface area contributed by atoms with Crippen molar-refractivity contribution >= 4 is 17.5 Å². The van der Waals surface area contributed by atoms with Gasteiger partial charge in [0, 0.05) is 37.9 Å². The smallest absolute Gasteiger partial charge is 0.294 e. The first-order valence-electron chi connectivity index (χ1n) is 10.7. The number of hydrogen-bond acceptors (Lipinski definition) is 5. The van der Waals surface area contributed by atoms with E-state index in [4.69, 9.17) is 0 Å². The Morgan fingerprint density at radius 2 is 1.78 bits per heavy atom. The Morgan fingerprint density at radius 1 is 1.03 bits per heavy atom. The van der Waals surface area contributed by atoms with Crippen molar-refractivity contribution in [3.8, 4) is 5.69 Å². The molecule has 166 valence electrons. The third-order valence-corrected chi connectivity index (χ3v) is 5.89. The second-order valence-electron chi connectivity index (χ2n) is 8.62. The fourth-order valence-electron chi connectivity index (χ4n) is 4.10. The normalized spacial score (nSPS) is 15.5. The van der Waals surface area contributed by atoms with Crippen LogP contribution in [-0.4, -0.2) is 68.6 Å². The number of rotatable bonds is 4. The SMILES string of the molecule is CNc1cc(C(=O)N2CCN(C(=O)c3ncn(-c4ccccc4)n3)C(C)(C)C2)ccc1C. The molecule has 2 aromatic carbocycles. The van der Waals surface area contributed by atoms with Crippen LogP contribution in [0.25, 0.3) is 5.69 Å². The largest absolute Gasteiger partial charge is 0.388 e. The number of carbonyl (C=O) groups excluding carboxylic acids is 2. The monoisotopic (exact) mass is 432 g/mol. The summed E-state index contributed by atoms with van der Waals surface area (Å²) in [6, 6.07) is 15.2. The van der Waals surface area contributed by atoms with E-state index in [-0.39, 0.29) is 17.6 Å². The highest BCUT2D eigenvalue weighted by molar-refractivity contribution is 5.96. The van der Waals surface area contributed by atoms with Gasteiger partial charge < -0.3 is 15.1 Å². The summed E-state index contributed by atoms with van der Waals surface area (Å²) < 4.78 is 1.59. The van der Waals surface area contributed by atoms with Gasteiger partial charge >= 0.3 is 0 Å². The molecule has 1 aliphatic rings. The van der Waals surface area contributed by atoms with Crippen molar-refractivity contribution in [1.29, 1.82) is 0 Å². The lowest BCUT2D eigenvalue weighted by Crippen LogP contribution is -2.62. The van der Waals surface area contributed by atoms with Gasteiger partial charge in [0.1, 0.15) is 6.33 Å². The number of amides is 2. The molecule has 8 heteroatoms. The fraction of sp³-hybridized carbons (Fsp3) is 0.333. The van der Waals surface area contributed by atoms with Crippen LogP contribution in [0.2, 0.25) is 0 Å². The number of carbonyl (C=O) groups is 2. The van der Waals surface area contributed by atoms with Crippen molar-refractivity contribution in [3.63, 3.8) is 0 Å². The van der Waals surface area contributed by atoms with Crippen LogP contribution >= 0.6 is 0 Å². The highest BCUT2D eigenvalue weighted by Crippen LogP contribution is 2.25. The minimum Gasteiger partial charge on any atom is -0.388 e. The molecule has 32 heavy (non-hydrogen) atoms. The van der Waals surface area contributed by atoms with Gasteiger partial charge in [0.05, 0.1) is 11.2 Å². The van der Waals surface area contributed by atoms with Crippen LogP contribution < -0.4 is 5.32 Å². The van der Waals surface area contributed by atoms with Crippen LogP contribution in [0, 0.1) is 6.92 Å². The maximum atomic E-state index is 13.2. The fourth-order valence-corrected chi connectivity index (χ4v) is 4.10. The molecule has 1 saturated heterocycles. The van der Waals surface area contributed by atoms with Gasteiger partial charge in [0.2, 0.25) is 5.82 Å². The van der Waals surface area contributed by atoms with Crippen molar-refractivity contribution in [1.82, 2.24) is 24.6 Å². The minimum atomic E-state index is -0.556. The summed E-state index contributed by atoms with van der Waals surface area (Å²) in [5.41, 5.74) is 2.94. The number of hydrogen-bond donors (Lipinski definition) is 1. The van der Waals surface area contributed by atoms with Crippen molar-refractivity contribution in [2.75, 3.05) is 32.0 Å². The predicted molar refractivity (Wildman–Crippen MR) is 123 cm³/mol. The van der Waals surface area contributed by atoms with Crippen LogP contribution in [0.3, 0.4) is 0 Å². The quantitative estimate of drug-likeness (QED) is 0.685. The molecule has 2 amide bonds. The van der Waals surface area contributed by atoms with E-state index in [0.717, 1.165) is 16.9 Å². The first-order chi connectivity index (χ1) is 15.3. The van der Waals surface area contributed by atoms with E-state index in [9.17, 15) is 9.59 Å². The summed E-state index contributed by atoms with van der Waals surface area (Å²) in [6.07, 6.45) is 1.55. The van der Waals surface area contributed by atoms with Gasteiger partial charge in [0.15, 0.2) is 0 Å². The molecule has 1 aromatic heterocycles. The van der Waals surface area contributed by atoms with Crippen molar-refractivity contribution in [2.45, 2.75) is 26.3 Å². The van der Waals surface area contributed by atoms with Gasteiger partial charge in [-0.25, -0.2) is 9.67 Å². The molecule has 1 N–H and O–H groups in total. The maximum absolute atomic E-state index is 13.2. The van der Waals surface area contributed by atoms with E-state index in [2.05, 4.69) is 15.4 Å². The highest BCUT2D eigenvalue weighted by Gasteiger charge is 2.40. The maximum Gasteiger partial charge on any atom is 0.294 e. The number of nitrogens with one attached hydrogen (secondary N) is 1. The van der Waals surface area contributed by atoms with E-state index < -0.39 is 5.54 Å². The second-order valence-corrected chi connectivity index (χ2v) is 8.62. The van der Waals surface area contributed by atoms with E-state index in [0.29, 0.717) is 25.2 Å². The molecule has 0 atom stereocenters. The van der Waals surface area contributed by atoms with Gasteiger partial charge in [0.25, 0.3) is 11.8 Å². The first-order valence-corrected chi connectivity index (χ1v) is 10.7. The van der Waals surface area contributed by atoms with Gasteiger partial charge in [-0.2, -0.15) is 0 Å². The van der Waals surface area contributed by atoms with Crippen LogP contribution in [0.5, 0.6) is 0 Å². The van der Waals surface area contributed by atoms with Crippen LogP contribution in [-0.2, 0) is 0 Å². The zero-order chi connectivity index (χ0) is 22.9. The Kier molecular flexibility index (Phi) is 5.69. The second kappa shape index (κ2) is 8.45. The zero-order valence-electron chi connectivity index (χ0n) is 18.9. The summed E-state index contributed by atoms with van der Waals surface area (Å²) in [6.45, 7) is 7.23. The minimum absolute atomic E-state index is 0.0341. The average molecular weight is 433 g/mol. The number of nitrogens with zero attached hydrogens (tertiary/aromatic N) is 5. The molecule has 3 aromatic rings. The molecule has 0 unspecified atom stereocenters.